The highest BCUT2D eigenvalue weighted by Gasteiger charge is 2.22. The molecule has 0 saturated heterocycles. The van der Waals surface area contributed by atoms with E-state index in [0.717, 1.165) is 33.3 Å². The Balaban J connectivity index is 1.74. The van der Waals surface area contributed by atoms with Crippen LogP contribution < -0.4 is 4.57 Å². The van der Waals surface area contributed by atoms with E-state index < -0.39 is 19.6 Å². The highest BCUT2D eigenvalue weighted by molar-refractivity contribution is 6.08. The highest BCUT2D eigenvalue weighted by atomic mass is 16.3. The number of nitrogens with zero attached hydrogens (tertiary/aromatic N) is 2. The zero-order valence-corrected chi connectivity index (χ0v) is 17.7. The summed E-state index contributed by atoms with van der Waals surface area (Å²) in [6.07, 6.45) is 1.99. The summed E-state index contributed by atoms with van der Waals surface area (Å²) in [7, 11) is 1.95. The summed E-state index contributed by atoms with van der Waals surface area (Å²) in [5.41, 5.74) is 6.29. The Labute approximate surface area is 192 Å². The van der Waals surface area contributed by atoms with Crippen LogP contribution in [-0.2, 0) is 7.05 Å². The molecule has 2 aromatic carbocycles. The van der Waals surface area contributed by atoms with Crippen LogP contribution in [0, 0.1) is 13.8 Å². The number of furan rings is 1. The smallest absolute Gasteiger partial charge is 0.227 e. The van der Waals surface area contributed by atoms with Gasteiger partial charge in [-0.1, -0.05) is 55.7 Å². The maximum Gasteiger partial charge on any atom is 0.227 e. The molecule has 0 aliphatic carbocycles. The van der Waals surface area contributed by atoms with Crippen LogP contribution in [0.15, 0.2) is 71.3 Å². The number of hydrogen-bond acceptors (Lipinski definition) is 2. The average molecular weight is 415 g/mol. The molecule has 0 unspecified atom stereocenters. The van der Waals surface area contributed by atoms with Crippen molar-refractivity contribution in [2.24, 2.45) is 7.05 Å². The molecule has 0 aliphatic heterocycles. The molecule has 0 spiro atoms. The van der Waals surface area contributed by atoms with Crippen LogP contribution in [0.4, 0.5) is 0 Å². The predicted octanol–water partition coefficient (Wildman–Crippen LogP) is 6.88. The van der Waals surface area contributed by atoms with Gasteiger partial charge in [0, 0.05) is 38.2 Å². The second kappa shape index (κ2) is 7.35. The first-order chi connectivity index (χ1) is 17.7. The summed E-state index contributed by atoms with van der Waals surface area (Å²) in [6.45, 7) is -2.22. The van der Waals surface area contributed by atoms with E-state index >= 15 is 0 Å². The zero-order chi connectivity index (χ0) is 27.6. The van der Waals surface area contributed by atoms with Crippen molar-refractivity contribution in [2.75, 3.05) is 0 Å². The molecule has 0 saturated carbocycles. The van der Waals surface area contributed by atoms with E-state index in [1.807, 2.05) is 49.9 Å². The Hall–Kier alpha value is -3.46. The van der Waals surface area contributed by atoms with E-state index in [0.29, 0.717) is 11.0 Å². The number of fused-ring (bicyclic) bond motifs is 3. The van der Waals surface area contributed by atoms with Gasteiger partial charge >= 0.3 is 0 Å². The van der Waals surface area contributed by atoms with Crippen LogP contribution in [0.2, 0.25) is 0 Å². The number of benzene rings is 2. The molecule has 5 aromatic rings. The maximum absolute atomic E-state index is 8.50. The van der Waals surface area contributed by atoms with Gasteiger partial charge in [0.2, 0.25) is 11.4 Å². The van der Waals surface area contributed by atoms with Gasteiger partial charge in [-0.05, 0) is 48.6 Å². The molecule has 0 atom stereocenters. The minimum Gasteiger partial charge on any atom is -0.437 e. The van der Waals surface area contributed by atoms with E-state index in [4.69, 9.17) is 14.0 Å². The van der Waals surface area contributed by atoms with E-state index in [1.54, 1.807) is 6.07 Å². The minimum atomic E-state index is -3.13. The van der Waals surface area contributed by atoms with Crippen LogP contribution in [0.3, 0.4) is 0 Å². The number of aromatic nitrogens is 2. The molecule has 3 heteroatoms. The Kier molecular flexibility index (Phi) is 3.10. The normalized spacial score (nSPS) is 16.2. The van der Waals surface area contributed by atoms with Crippen molar-refractivity contribution in [2.45, 2.75) is 33.4 Å². The monoisotopic (exact) mass is 414 g/mol. The van der Waals surface area contributed by atoms with Crippen molar-refractivity contribution in [3.05, 3.63) is 83.7 Å². The lowest BCUT2D eigenvalue weighted by atomic mass is 9.98. The lowest BCUT2D eigenvalue weighted by Crippen LogP contribution is -2.30. The number of hydrogen-bond donors (Lipinski definition) is 0. The molecule has 3 heterocycles. The Morgan fingerprint density at radius 1 is 0.935 bits per heavy atom. The molecule has 0 amide bonds. The molecule has 0 bridgehead atoms. The van der Waals surface area contributed by atoms with E-state index in [1.165, 1.54) is 11.6 Å². The van der Waals surface area contributed by atoms with Gasteiger partial charge in [-0.2, -0.15) is 0 Å². The van der Waals surface area contributed by atoms with E-state index in [9.17, 15) is 0 Å². The van der Waals surface area contributed by atoms with Gasteiger partial charge in [0.15, 0.2) is 11.8 Å². The predicted molar refractivity (Wildman–Crippen MR) is 127 cm³/mol. The first-order valence-corrected chi connectivity index (χ1v) is 10.1. The number of rotatable bonds is 3. The van der Waals surface area contributed by atoms with Crippen LogP contribution >= 0.6 is 0 Å². The van der Waals surface area contributed by atoms with Gasteiger partial charge in [0.05, 0.1) is 5.56 Å². The van der Waals surface area contributed by atoms with E-state index in [-0.39, 0.29) is 11.4 Å². The van der Waals surface area contributed by atoms with Crippen molar-refractivity contribution >= 4 is 22.1 Å². The molecule has 31 heavy (non-hydrogen) atoms. The summed E-state index contributed by atoms with van der Waals surface area (Å²) in [6, 6.07) is 19.2. The molecule has 0 aliphatic rings. The van der Waals surface area contributed by atoms with Crippen LogP contribution in [0.25, 0.3) is 44.5 Å². The van der Waals surface area contributed by atoms with Crippen LogP contribution in [0.1, 0.15) is 46.0 Å². The van der Waals surface area contributed by atoms with Gasteiger partial charge in [-0.15, -0.1) is 0 Å². The molecule has 0 N–H and O–H groups in total. The fraction of sp³-hybridized carbons (Fsp3) is 0.214. The van der Waals surface area contributed by atoms with Crippen LogP contribution in [-0.4, -0.2) is 4.98 Å². The van der Waals surface area contributed by atoms with Crippen molar-refractivity contribution in [3.63, 3.8) is 0 Å². The SMILES string of the molecule is [2H]C([2H])([2H])C([2H])(c1ccc2c(n1)oc1c(-c3cc(-c4ccc(C)cc4)cc[n+]3C)c(C)ccc12)C([2H])([2H])[2H]. The van der Waals surface area contributed by atoms with E-state index in [2.05, 4.69) is 35.3 Å². The molecule has 0 fully saturated rings. The van der Waals surface area contributed by atoms with Gasteiger partial charge in [-0.25, -0.2) is 9.55 Å². The maximum atomic E-state index is 8.50. The second-order valence-electron chi connectivity index (χ2n) is 7.94. The highest BCUT2D eigenvalue weighted by Crippen LogP contribution is 2.37. The zero-order valence-electron chi connectivity index (χ0n) is 24.7. The third kappa shape index (κ3) is 3.31. The van der Waals surface area contributed by atoms with Gasteiger partial charge < -0.3 is 4.42 Å². The number of pyridine rings is 2. The molecule has 154 valence electrons. The van der Waals surface area contributed by atoms with Crippen molar-refractivity contribution < 1.29 is 18.6 Å². The van der Waals surface area contributed by atoms with Crippen LogP contribution in [0.5, 0.6) is 0 Å². The van der Waals surface area contributed by atoms with Gasteiger partial charge in [-0.3, -0.25) is 0 Å². The fourth-order valence-electron chi connectivity index (χ4n) is 4.02. The molecule has 0 radical (unpaired) electrons. The molecule has 3 nitrogen and oxygen atoms in total. The Morgan fingerprint density at radius 3 is 2.48 bits per heavy atom. The first-order valence-electron chi connectivity index (χ1n) is 13.6. The van der Waals surface area contributed by atoms with Gasteiger partial charge in [0.25, 0.3) is 0 Å². The topological polar surface area (TPSA) is 29.9 Å². The Morgan fingerprint density at radius 2 is 1.71 bits per heavy atom. The summed E-state index contributed by atoms with van der Waals surface area (Å²) < 4.78 is 63.6. The second-order valence-corrected chi connectivity index (χ2v) is 7.94. The molecule has 3 aromatic heterocycles. The average Bonchev–Trinajstić information content (AvgIpc) is 3.21. The fourth-order valence-corrected chi connectivity index (χ4v) is 4.02. The molecule has 5 rings (SSSR count). The van der Waals surface area contributed by atoms with Gasteiger partial charge in [0.1, 0.15) is 7.05 Å². The Bertz CT molecular complexity index is 1670. The van der Waals surface area contributed by atoms with Crippen molar-refractivity contribution in [1.82, 2.24) is 4.98 Å². The summed E-state index contributed by atoms with van der Waals surface area (Å²) in [5, 5.41) is 1.37. The quantitative estimate of drug-likeness (QED) is 0.301. The molecular weight excluding hydrogens is 380 g/mol. The summed E-state index contributed by atoms with van der Waals surface area (Å²) >= 11 is 0. The first kappa shape index (κ1) is 13.1. The third-order valence-corrected chi connectivity index (χ3v) is 5.76. The third-order valence-electron chi connectivity index (χ3n) is 5.76. The summed E-state index contributed by atoms with van der Waals surface area (Å²) in [5.74, 6) is -2.90. The van der Waals surface area contributed by atoms with Crippen molar-refractivity contribution in [3.8, 4) is 22.4 Å². The van der Waals surface area contributed by atoms with Crippen molar-refractivity contribution in [1.29, 1.82) is 0 Å². The lowest BCUT2D eigenvalue weighted by Gasteiger charge is -2.08. The largest absolute Gasteiger partial charge is 0.437 e. The minimum absolute atomic E-state index is 0.0896. The number of aryl methyl sites for hydroxylation is 3. The summed E-state index contributed by atoms with van der Waals surface area (Å²) in [4.78, 5) is 4.30. The standard InChI is InChI=1S/C28H27N2O/c1-17(2)24-13-12-23-22-11-8-19(4)26(27(22)31-28(23)29-24)25-16-21(14-15-30(25)5)20-9-6-18(3)7-10-20/h6-17H,1-5H3/q+1/i1D3,2D3,17D. The molecular formula is C28H27N2O+. The lowest BCUT2D eigenvalue weighted by molar-refractivity contribution is -0.660.